The Bertz CT molecular complexity index is 485. The van der Waals surface area contributed by atoms with Crippen molar-refractivity contribution in [2.24, 2.45) is 4.99 Å². The van der Waals surface area contributed by atoms with Gasteiger partial charge in [0.1, 0.15) is 5.75 Å². The Hall–Kier alpha value is -1.79. The molecule has 3 N–H and O–H groups in total. The van der Waals surface area contributed by atoms with Crippen molar-refractivity contribution in [3.63, 3.8) is 0 Å². The van der Waals surface area contributed by atoms with E-state index in [2.05, 4.69) is 15.6 Å². The Morgan fingerprint density at radius 2 is 2.17 bits per heavy atom. The lowest BCUT2D eigenvalue weighted by Crippen LogP contribution is -2.38. The van der Waals surface area contributed by atoms with Gasteiger partial charge in [0, 0.05) is 26.3 Å². The number of benzene rings is 1. The molecular formula is C18H29N3O3. The lowest BCUT2D eigenvalue weighted by molar-refractivity contribution is 0.0168. The Labute approximate surface area is 144 Å². The number of aliphatic imine (C=N–C) groups is 1. The third-order valence-electron chi connectivity index (χ3n) is 3.79. The summed E-state index contributed by atoms with van der Waals surface area (Å²) in [5, 5.41) is 15.8. The van der Waals surface area contributed by atoms with E-state index in [1.54, 1.807) is 12.1 Å². The first-order valence-electron chi connectivity index (χ1n) is 8.77. The van der Waals surface area contributed by atoms with Gasteiger partial charge in [-0.15, -0.1) is 0 Å². The van der Waals surface area contributed by atoms with E-state index in [1.165, 1.54) is 0 Å². The number of aromatic hydroxyl groups is 1. The molecule has 1 aromatic rings. The van der Waals surface area contributed by atoms with Gasteiger partial charge < -0.3 is 25.2 Å². The second-order valence-corrected chi connectivity index (χ2v) is 5.85. The largest absolute Gasteiger partial charge is 0.508 e. The number of hydrogen-bond donors (Lipinski definition) is 3. The Kier molecular flexibility index (Phi) is 8.41. The van der Waals surface area contributed by atoms with E-state index in [1.807, 2.05) is 19.1 Å². The van der Waals surface area contributed by atoms with E-state index in [0.717, 1.165) is 57.1 Å². The Morgan fingerprint density at radius 3 is 2.88 bits per heavy atom. The Balaban J connectivity index is 1.62. The van der Waals surface area contributed by atoms with E-state index in [0.29, 0.717) is 19.3 Å². The van der Waals surface area contributed by atoms with Crippen LogP contribution in [-0.2, 0) is 16.0 Å². The van der Waals surface area contributed by atoms with Crippen molar-refractivity contribution in [2.75, 3.05) is 32.9 Å². The molecule has 1 aliphatic heterocycles. The molecule has 24 heavy (non-hydrogen) atoms. The van der Waals surface area contributed by atoms with Crippen LogP contribution in [0.15, 0.2) is 29.3 Å². The van der Waals surface area contributed by atoms with Crippen LogP contribution < -0.4 is 10.6 Å². The average Bonchev–Trinajstić information content (AvgIpc) is 3.10. The molecule has 0 aromatic heterocycles. The summed E-state index contributed by atoms with van der Waals surface area (Å²) in [6.45, 7) is 6.55. The molecule has 2 rings (SSSR count). The van der Waals surface area contributed by atoms with Gasteiger partial charge in [-0.05, 0) is 43.9 Å². The lowest BCUT2D eigenvalue weighted by Gasteiger charge is -2.12. The smallest absolute Gasteiger partial charge is 0.191 e. The number of nitrogens with zero attached hydrogens (tertiary/aromatic N) is 1. The number of guanidine groups is 1. The Morgan fingerprint density at radius 1 is 1.33 bits per heavy atom. The number of rotatable bonds is 9. The first-order chi connectivity index (χ1) is 11.8. The van der Waals surface area contributed by atoms with Crippen molar-refractivity contribution in [3.8, 4) is 5.75 Å². The van der Waals surface area contributed by atoms with Gasteiger partial charge in [0.25, 0.3) is 0 Å². The van der Waals surface area contributed by atoms with Crippen molar-refractivity contribution < 1.29 is 14.6 Å². The molecule has 1 unspecified atom stereocenters. The summed E-state index contributed by atoms with van der Waals surface area (Å²) in [6, 6.07) is 7.11. The van der Waals surface area contributed by atoms with Crippen molar-refractivity contribution in [1.82, 2.24) is 10.6 Å². The van der Waals surface area contributed by atoms with Crippen LogP contribution in [0.1, 0.15) is 31.7 Å². The monoisotopic (exact) mass is 335 g/mol. The highest BCUT2D eigenvalue weighted by molar-refractivity contribution is 5.79. The summed E-state index contributed by atoms with van der Waals surface area (Å²) in [6.07, 6.45) is 3.49. The summed E-state index contributed by atoms with van der Waals surface area (Å²) in [4.78, 5) is 4.55. The standard InChI is InChI=1S/C18H29N3O3/c1-2-19-18(21-13-15-6-8-16(22)9-7-15)20-10-4-11-23-14-17-5-3-12-24-17/h6-9,17,22H,2-5,10-14H2,1H3,(H2,19,20,21). The second kappa shape index (κ2) is 10.9. The minimum atomic E-state index is 0.274. The molecule has 1 heterocycles. The maximum atomic E-state index is 9.29. The van der Waals surface area contributed by atoms with Crippen molar-refractivity contribution in [1.29, 1.82) is 0 Å². The number of phenolic OH excluding ortho intramolecular Hbond substituents is 1. The number of ether oxygens (including phenoxy) is 2. The molecular weight excluding hydrogens is 306 g/mol. The SMILES string of the molecule is CCNC(=NCc1ccc(O)cc1)NCCCOCC1CCCO1. The summed E-state index contributed by atoms with van der Waals surface area (Å²) >= 11 is 0. The van der Waals surface area contributed by atoms with Crippen LogP contribution in [0.2, 0.25) is 0 Å². The first kappa shape index (κ1) is 18.5. The number of hydrogen-bond acceptors (Lipinski definition) is 4. The maximum Gasteiger partial charge on any atom is 0.191 e. The zero-order valence-electron chi connectivity index (χ0n) is 14.5. The molecule has 0 amide bonds. The zero-order chi connectivity index (χ0) is 17.0. The van der Waals surface area contributed by atoms with Crippen molar-refractivity contribution in [2.45, 2.75) is 38.8 Å². The van der Waals surface area contributed by atoms with Gasteiger partial charge in [0.2, 0.25) is 0 Å². The van der Waals surface area contributed by atoms with Crippen molar-refractivity contribution in [3.05, 3.63) is 29.8 Å². The molecule has 0 spiro atoms. The fraction of sp³-hybridized carbons (Fsp3) is 0.611. The van der Waals surface area contributed by atoms with Crippen LogP contribution in [0, 0.1) is 0 Å². The topological polar surface area (TPSA) is 75.1 Å². The second-order valence-electron chi connectivity index (χ2n) is 5.85. The zero-order valence-corrected chi connectivity index (χ0v) is 14.5. The maximum absolute atomic E-state index is 9.29. The molecule has 1 saturated heterocycles. The molecule has 134 valence electrons. The van der Waals surface area contributed by atoms with Gasteiger partial charge in [-0.25, -0.2) is 4.99 Å². The van der Waals surface area contributed by atoms with E-state index < -0.39 is 0 Å². The minimum absolute atomic E-state index is 0.274. The van der Waals surface area contributed by atoms with Crippen LogP contribution >= 0.6 is 0 Å². The summed E-state index contributed by atoms with van der Waals surface area (Å²) in [5.74, 6) is 1.07. The molecule has 1 fully saturated rings. The molecule has 6 nitrogen and oxygen atoms in total. The van der Waals surface area contributed by atoms with E-state index in [9.17, 15) is 5.11 Å². The van der Waals surface area contributed by atoms with E-state index in [4.69, 9.17) is 9.47 Å². The molecule has 0 radical (unpaired) electrons. The third-order valence-corrected chi connectivity index (χ3v) is 3.79. The highest BCUT2D eigenvalue weighted by Crippen LogP contribution is 2.12. The normalized spacial score (nSPS) is 17.9. The van der Waals surface area contributed by atoms with Crippen LogP contribution in [0.4, 0.5) is 0 Å². The number of nitrogens with one attached hydrogen (secondary N) is 2. The molecule has 0 bridgehead atoms. The minimum Gasteiger partial charge on any atom is -0.508 e. The fourth-order valence-corrected chi connectivity index (χ4v) is 2.49. The van der Waals surface area contributed by atoms with Crippen LogP contribution in [-0.4, -0.2) is 50.1 Å². The summed E-state index contributed by atoms with van der Waals surface area (Å²) in [7, 11) is 0. The van der Waals surface area contributed by atoms with Gasteiger partial charge in [-0.3, -0.25) is 0 Å². The van der Waals surface area contributed by atoms with Crippen LogP contribution in [0.25, 0.3) is 0 Å². The summed E-state index contributed by atoms with van der Waals surface area (Å²) < 4.78 is 11.2. The fourth-order valence-electron chi connectivity index (χ4n) is 2.49. The molecule has 6 heteroatoms. The lowest BCUT2D eigenvalue weighted by atomic mass is 10.2. The molecule has 0 aliphatic carbocycles. The molecule has 1 atom stereocenters. The van der Waals surface area contributed by atoms with Gasteiger partial charge >= 0.3 is 0 Å². The van der Waals surface area contributed by atoms with Gasteiger partial charge in [0.15, 0.2) is 5.96 Å². The molecule has 1 aromatic carbocycles. The number of phenols is 1. The van der Waals surface area contributed by atoms with Crippen molar-refractivity contribution >= 4 is 5.96 Å². The van der Waals surface area contributed by atoms with Gasteiger partial charge in [-0.1, -0.05) is 12.1 Å². The van der Waals surface area contributed by atoms with Crippen LogP contribution in [0.5, 0.6) is 5.75 Å². The highest BCUT2D eigenvalue weighted by atomic mass is 16.5. The quantitative estimate of drug-likeness (QED) is 0.366. The molecule has 1 aliphatic rings. The van der Waals surface area contributed by atoms with Gasteiger partial charge in [-0.2, -0.15) is 0 Å². The molecule has 0 saturated carbocycles. The van der Waals surface area contributed by atoms with E-state index >= 15 is 0 Å². The predicted octanol–water partition coefficient (Wildman–Crippen LogP) is 2.03. The van der Waals surface area contributed by atoms with Gasteiger partial charge in [0.05, 0.1) is 19.3 Å². The summed E-state index contributed by atoms with van der Waals surface area (Å²) in [5.41, 5.74) is 1.06. The van der Waals surface area contributed by atoms with E-state index in [-0.39, 0.29) is 5.75 Å². The third kappa shape index (κ3) is 7.19. The first-order valence-corrected chi connectivity index (χ1v) is 8.77. The van der Waals surface area contributed by atoms with Crippen LogP contribution in [0.3, 0.4) is 0 Å². The predicted molar refractivity (Wildman–Crippen MR) is 95.3 cm³/mol. The highest BCUT2D eigenvalue weighted by Gasteiger charge is 2.14. The average molecular weight is 335 g/mol.